The van der Waals surface area contributed by atoms with E-state index in [0.29, 0.717) is 18.8 Å². The zero-order valence-corrected chi connectivity index (χ0v) is 11.2. The molecule has 1 aromatic carbocycles. The van der Waals surface area contributed by atoms with Gasteiger partial charge in [-0.2, -0.15) is 4.31 Å². The Balaban J connectivity index is 2.39. The van der Waals surface area contributed by atoms with Gasteiger partial charge in [0.15, 0.2) is 0 Å². The summed E-state index contributed by atoms with van der Waals surface area (Å²) in [5.74, 6) is -0.610. The summed E-state index contributed by atoms with van der Waals surface area (Å²) in [5.41, 5.74) is 0.574. The van der Waals surface area contributed by atoms with Gasteiger partial charge in [-0.3, -0.25) is 0 Å². The van der Waals surface area contributed by atoms with Crippen LogP contribution in [0.4, 0.5) is 4.39 Å². The molecule has 0 N–H and O–H groups in total. The van der Waals surface area contributed by atoms with Crippen LogP contribution in [0.25, 0.3) is 0 Å². The van der Waals surface area contributed by atoms with Crippen LogP contribution in [0.2, 0.25) is 0 Å². The Bertz CT molecular complexity index is 529. The molecule has 0 saturated carbocycles. The van der Waals surface area contributed by atoms with Crippen LogP contribution in [0.3, 0.4) is 0 Å². The summed E-state index contributed by atoms with van der Waals surface area (Å²) in [6.45, 7) is 1.14. The Morgan fingerprint density at radius 1 is 1.33 bits per heavy atom. The van der Waals surface area contributed by atoms with Crippen LogP contribution in [0.15, 0.2) is 23.1 Å². The highest BCUT2D eigenvalue weighted by Crippen LogP contribution is 2.22. The van der Waals surface area contributed by atoms with Crippen LogP contribution >= 0.6 is 11.6 Å². The fourth-order valence-electron chi connectivity index (χ4n) is 1.75. The predicted octanol–water partition coefficient (Wildman–Crippen LogP) is 1.59. The third kappa shape index (κ3) is 2.66. The van der Waals surface area contributed by atoms with Gasteiger partial charge in [0.05, 0.1) is 13.2 Å². The predicted molar refractivity (Wildman–Crippen MR) is 65.5 cm³/mol. The summed E-state index contributed by atoms with van der Waals surface area (Å²) in [5, 5.41) is 0. The summed E-state index contributed by atoms with van der Waals surface area (Å²) in [4.78, 5) is -0.317. The highest BCUT2D eigenvalue weighted by Gasteiger charge is 2.29. The maximum atomic E-state index is 13.7. The van der Waals surface area contributed by atoms with Crippen molar-refractivity contribution in [2.45, 2.75) is 10.8 Å². The second kappa shape index (κ2) is 5.52. The molecule has 1 heterocycles. The monoisotopic (exact) mass is 293 g/mol. The molecule has 0 unspecified atom stereocenters. The highest BCUT2D eigenvalue weighted by molar-refractivity contribution is 7.89. The maximum absolute atomic E-state index is 13.7. The van der Waals surface area contributed by atoms with E-state index in [1.165, 1.54) is 16.4 Å². The lowest BCUT2D eigenvalue weighted by atomic mass is 10.2. The third-order valence-corrected chi connectivity index (χ3v) is 4.96. The number of benzene rings is 1. The molecule has 0 atom stereocenters. The van der Waals surface area contributed by atoms with E-state index in [0.717, 1.165) is 6.07 Å². The lowest BCUT2D eigenvalue weighted by molar-refractivity contribution is 0.0729. The van der Waals surface area contributed by atoms with Crippen molar-refractivity contribution in [1.29, 1.82) is 0 Å². The first-order valence-electron chi connectivity index (χ1n) is 5.48. The smallest absolute Gasteiger partial charge is 0.246 e. The van der Waals surface area contributed by atoms with Gasteiger partial charge in [0, 0.05) is 19.0 Å². The molecule has 1 aliphatic heterocycles. The Labute approximate surface area is 110 Å². The third-order valence-electron chi connectivity index (χ3n) is 2.74. The number of halogens is 2. The SMILES string of the molecule is O=S(=O)(c1cc(CCl)ccc1F)N1CCOCC1. The standard InChI is InChI=1S/C11H13ClFNO3S/c12-8-9-1-2-10(13)11(7-9)18(15,16)14-3-5-17-6-4-14/h1-2,7H,3-6,8H2. The lowest BCUT2D eigenvalue weighted by Crippen LogP contribution is -2.40. The van der Waals surface area contributed by atoms with Crippen LogP contribution in [0.1, 0.15) is 5.56 Å². The summed E-state index contributed by atoms with van der Waals surface area (Å²) in [6.07, 6.45) is 0. The molecule has 0 bridgehead atoms. The fraction of sp³-hybridized carbons (Fsp3) is 0.455. The molecular formula is C11H13ClFNO3S. The van der Waals surface area contributed by atoms with E-state index in [9.17, 15) is 12.8 Å². The van der Waals surface area contributed by atoms with Crippen molar-refractivity contribution in [3.05, 3.63) is 29.6 Å². The minimum Gasteiger partial charge on any atom is -0.379 e. The average Bonchev–Trinajstić information content (AvgIpc) is 2.40. The summed E-state index contributed by atoms with van der Waals surface area (Å²) in [6, 6.07) is 3.89. The van der Waals surface area contributed by atoms with Crippen molar-refractivity contribution in [3.63, 3.8) is 0 Å². The number of ether oxygens (including phenoxy) is 1. The molecular weight excluding hydrogens is 281 g/mol. The Hall–Kier alpha value is -0.690. The molecule has 0 aromatic heterocycles. The zero-order valence-electron chi connectivity index (χ0n) is 9.60. The van der Waals surface area contributed by atoms with Crippen molar-refractivity contribution >= 4 is 21.6 Å². The van der Waals surface area contributed by atoms with E-state index in [2.05, 4.69) is 0 Å². The van der Waals surface area contributed by atoms with Crippen molar-refractivity contribution in [3.8, 4) is 0 Å². The molecule has 0 radical (unpaired) electrons. The minimum atomic E-state index is -3.81. The number of sulfonamides is 1. The minimum absolute atomic E-state index is 0.145. The largest absolute Gasteiger partial charge is 0.379 e. The summed E-state index contributed by atoms with van der Waals surface area (Å²) in [7, 11) is -3.81. The topological polar surface area (TPSA) is 46.6 Å². The van der Waals surface area contributed by atoms with Crippen molar-refractivity contribution in [1.82, 2.24) is 4.31 Å². The molecule has 7 heteroatoms. The maximum Gasteiger partial charge on any atom is 0.246 e. The number of alkyl halides is 1. The molecule has 1 saturated heterocycles. The first kappa shape index (κ1) is 13.7. The molecule has 0 spiro atoms. The molecule has 1 fully saturated rings. The Kier molecular flexibility index (Phi) is 4.21. The van der Waals surface area contributed by atoms with Gasteiger partial charge in [0.1, 0.15) is 10.7 Å². The molecule has 0 aliphatic carbocycles. The number of morpholine rings is 1. The van der Waals surface area contributed by atoms with Crippen LogP contribution in [-0.2, 0) is 20.6 Å². The molecule has 1 aliphatic rings. The van der Waals surface area contributed by atoms with Gasteiger partial charge >= 0.3 is 0 Å². The normalized spacial score (nSPS) is 17.9. The Morgan fingerprint density at radius 2 is 2.00 bits per heavy atom. The van der Waals surface area contributed by atoms with Crippen molar-refractivity contribution in [2.24, 2.45) is 0 Å². The second-order valence-corrected chi connectivity index (χ2v) is 6.09. The van der Waals surface area contributed by atoms with Gasteiger partial charge in [-0.1, -0.05) is 6.07 Å². The van der Waals surface area contributed by atoms with Crippen LogP contribution < -0.4 is 0 Å². The second-order valence-electron chi connectivity index (χ2n) is 3.91. The van der Waals surface area contributed by atoms with E-state index in [1.807, 2.05) is 0 Å². The molecule has 18 heavy (non-hydrogen) atoms. The number of nitrogens with zero attached hydrogens (tertiary/aromatic N) is 1. The number of hydrogen-bond donors (Lipinski definition) is 0. The van der Waals surface area contributed by atoms with E-state index >= 15 is 0 Å². The zero-order chi connectivity index (χ0) is 13.2. The van der Waals surface area contributed by atoms with Gasteiger partial charge in [-0.05, 0) is 17.7 Å². The van der Waals surface area contributed by atoms with Crippen molar-refractivity contribution < 1.29 is 17.5 Å². The van der Waals surface area contributed by atoms with Gasteiger partial charge in [0.2, 0.25) is 10.0 Å². The lowest BCUT2D eigenvalue weighted by Gasteiger charge is -2.26. The van der Waals surface area contributed by atoms with Gasteiger partial charge < -0.3 is 4.74 Å². The highest BCUT2D eigenvalue weighted by atomic mass is 35.5. The molecule has 2 rings (SSSR count). The van der Waals surface area contributed by atoms with Crippen LogP contribution in [0, 0.1) is 5.82 Å². The number of hydrogen-bond acceptors (Lipinski definition) is 3. The Morgan fingerprint density at radius 3 is 2.61 bits per heavy atom. The van der Waals surface area contributed by atoms with E-state index < -0.39 is 15.8 Å². The molecule has 0 amide bonds. The molecule has 4 nitrogen and oxygen atoms in total. The van der Waals surface area contributed by atoms with Gasteiger partial charge in [0.25, 0.3) is 0 Å². The van der Waals surface area contributed by atoms with Gasteiger partial charge in [-0.15, -0.1) is 11.6 Å². The quantitative estimate of drug-likeness (QED) is 0.795. The van der Waals surface area contributed by atoms with E-state index in [-0.39, 0.29) is 23.9 Å². The van der Waals surface area contributed by atoms with Crippen LogP contribution in [0.5, 0.6) is 0 Å². The average molecular weight is 294 g/mol. The van der Waals surface area contributed by atoms with E-state index in [4.69, 9.17) is 16.3 Å². The van der Waals surface area contributed by atoms with Crippen molar-refractivity contribution in [2.75, 3.05) is 26.3 Å². The first-order valence-corrected chi connectivity index (χ1v) is 7.45. The summed E-state index contributed by atoms with van der Waals surface area (Å²) >= 11 is 5.64. The number of rotatable bonds is 3. The van der Waals surface area contributed by atoms with Gasteiger partial charge in [-0.25, -0.2) is 12.8 Å². The fourth-order valence-corrected chi connectivity index (χ4v) is 3.44. The molecule has 1 aromatic rings. The molecule has 100 valence electrons. The summed E-state index contributed by atoms with van der Waals surface area (Å²) < 4.78 is 44.5. The first-order chi connectivity index (χ1) is 8.55. The van der Waals surface area contributed by atoms with Crippen LogP contribution in [-0.4, -0.2) is 39.0 Å². The van der Waals surface area contributed by atoms with E-state index in [1.54, 1.807) is 0 Å².